The van der Waals surface area contributed by atoms with Gasteiger partial charge in [0, 0.05) is 12.7 Å². The van der Waals surface area contributed by atoms with Crippen molar-refractivity contribution in [3.8, 4) is 5.69 Å². The van der Waals surface area contributed by atoms with Gasteiger partial charge in [-0.15, -0.1) is 10.2 Å². The largest absolute Gasteiger partial charge is 0.315 e. The summed E-state index contributed by atoms with van der Waals surface area (Å²) >= 11 is 1.32. The number of thioether (sulfide) groups is 1. The molecule has 0 aliphatic carbocycles. The second-order valence-electron chi connectivity index (χ2n) is 7.60. The second-order valence-corrected chi connectivity index (χ2v) is 8.91. The molecule has 0 bridgehead atoms. The van der Waals surface area contributed by atoms with Gasteiger partial charge in [-0.1, -0.05) is 60.3 Å². The zero-order valence-corrected chi connectivity index (χ0v) is 18.9. The molecular formula is C25H21N5O2S. The number of carbonyl (C=O) groups excluding carboxylic acids is 1. The molecule has 5 rings (SSSR count). The highest BCUT2D eigenvalue weighted by atomic mass is 32.2. The number of carbonyl (C=O) groups is 1. The van der Waals surface area contributed by atoms with E-state index in [0.717, 1.165) is 5.69 Å². The van der Waals surface area contributed by atoms with Gasteiger partial charge >= 0.3 is 0 Å². The summed E-state index contributed by atoms with van der Waals surface area (Å²) in [6.45, 7) is 1.85. The molecule has 2 heterocycles. The molecule has 5 aromatic rings. The Morgan fingerprint density at radius 1 is 0.909 bits per heavy atom. The topological polar surface area (TPSA) is 72.5 Å². The Kier molecular flexibility index (Phi) is 5.43. The molecule has 1 unspecified atom stereocenters. The van der Waals surface area contributed by atoms with Crippen LogP contribution in [0, 0.1) is 0 Å². The lowest BCUT2D eigenvalue weighted by atomic mass is 10.2. The molecule has 2 aromatic heterocycles. The summed E-state index contributed by atoms with van der Waals surface area (Å²) in [6, 6.07) is 26.3. The highest BCUT2D eigenvalue weighted by molar-refractivity contribution is 8.00. The Bertz CT molecular complexity index is 1510. The van der Waals surface area contributed by atoms with E-state index in [-0.39, 0.29) is 11.5 Å². The Hall–Kier alpha value is -3.91. The van der Waals surface area contributed by atoms with E-state index in [1.54, 1.807) is 22.6 Å². The number of aromatic nitrogens is 4. The maximum atomic E-state index is 13.3. The first-order chi connectivity index (χ1) is 16.1. The normalized spacial score (nSPS) is 12.2. The molecule has 0 radical (unpaired) electrons. The van der Waals surface area contributed by atoms with Crippen molar-refractivity contribution < 1.29 is 4.79 Å². The van der Waals surface area contributed by atoms with E-state index in [4.69, 9.17) is 0 Å². The number of para-hydroxylation sites is 3. The number of anilines is 1. The molecule has 0 aliphatic rings. The average molecular weight is 456 g/mol. The first kappa shape index (κ1) is 21.0. The Balaban J connectivity index is 1.61. The predicted molar refractivity (Wildman–Crippen MR) is 131 cm³/mol. The van der Waals surface area contributed by atoms with Crippen LogP contribution in [0.2, 0.25) is 0 Å². The maximum absolute atomic E-state index is 13.3. The van der Waals surface area contributed by atoms with Crippen molar-refractivity contribution in [2.75, 3.05) is 11.9 Å². The molecule has 1 amide bonds. The van der Waals surface area contributed by atoms with Crippen LogP contribution < -0.4 is 10.5 Å². The predicted octanol–water partition coefficient (Wildman–Crippen LogP) is 4.18. The fourth-order valence-electron chi connectivity index (χ4n) is 3.82. The van der Waals surface area contributed by atoms with E-state index in [9.17, 15) is 9.59 Å². The summed E-state index contributed by atoms with van der Waals surface area (Å²) in [5.41, 5.74) is 2.06. The van der Waals surface area contributed by atoms with Gasteiger partial charge in [0.1, 0.15) is 0 Å². The second kappa shape index (κ2) is 8.55. The van der Waals surface area contributed by atoms with Crippen LogP contribution in [0.1, 0.15) is 6.92 Å². The van der Waals surface area contributed by atoms with E-state index in [0.29, 0.717) is 27.5 Å². The summed E-state index contributed by atoms with van der Waals surface area (Å²) in [5.74, 6) is 0.354. The maximum Gasteiger partial charge on any atom is 0.267 e. The number of nitrogens with zero attached hydrogens (tertiary/aromatic N) is 5. The van der Waals surface area contributed by atoms with Crippen molar-refractivity contribution >= 4 is 40.0 Å². The van der Waals surface area contributed by atoms with Gasteiger partial charge in [0.05, 0.1) is 21.8 Å². The Labute approximate surface area is 194 Å². The van der Waals surface area contributed by atoms with Crippen LogP contribution in [0.5, 0.6) is 0 Å². The van der Waals surface area contributed by atoms with Gasteiger partial charge in [0.2, 0.25) is 11.7 Å². The Morgan fingerprint density at radius 2 is 1.55 bits per heavy atom. The summed E-state index contributed by atoms with van der Waals surface area (Å²) in [5, 5.41) is 9.41. The van der Waals surface area contributed by atoms with Gasteiger partial charge in [-0.25, -0.2) is 4.57 Å². The molecule has 0 fully saturated rings. The van der Waals surface area contributed by atoms with Crippen LogP contribution >= 0.6 is 11.8 Å². The minimum absolute atomic E-state index is 0.0522. The van der Waals surface area contributed by atoms with Crippen molar-refractivity contribution in [1.82, 2.24) is 19.2 Å². The quantitative estimate of drug-likeness (QED) is 0.372. The van der Waals surface area contributed by atoms with E-state index < -0.39 is 5.25 Å². The molecule has 0 spiro atoms. The van der Waals surface area contributed by atoms with Gasteiger partial charge in [-0.3, -0.25) is 14.0 Å². The SMILES string of the molecule is CC(Sc1nnc2n(-c3ccccc3)c(=O)c3ccccc3n12)C(=O)N(C)c1ccccc1. The van der Waals surface area contributed by atoms with Crippen molar-refractivity contribution in [3.63, 3.8) is 0 Å². The van der Waals surface area contributed by atoms with Gasteiger partial charge in [0.25, 0.3) is 5.56 Å². The standard InChI is InChI=1S/C25H21N5O2S/c1-17(22(31)28(2)18-11-5-3-6-12-18)33-25-27-26-24-29(19-13-7-4-8-14-19)23(32)20-15-9-10-16-21(20)30(24)25/h3-17H,1-2H3. The average Bonchev–Trinajstić information content (AvgIpc) is 3.27. The van der Waals surface area contributed by atoms with E-state index in [2.05, 4.69) is 10.2 Å². The fourth-order valence-corrected chi connectivity index (χ4v) is 4.77. The third-order valence-corrected chi connectivity index (χ3v) is 6.54. The van der Waals surface area contributed by atoms with E-state index in [1.165, 1.54) is 11.8 Å². The lowest BCUT2D eigenvalue weighted by Crippen LogP contribution is -2.33. The number of hydrogen-bond donors (Lipinski definition) is 0. The van der Waals surface area contributed by atoms with Crippen LogP contribution in [-0.4, -0.2) is 37.4 Å². The summed E-state index contributed by atoms with van der Waals surface area (Å²) in [4.78, 5) is 28.1. The van der Waals surface area contributed by atoms with Crippen LogP contribution in [-0.2, 0) is 4.79 Å². The fraction of sp³-hybridized carbons (Fsp3) is 0.120. The number of amides is 1. The first-order valence-electron chi connectivity index (χ1n) is 10.5. The van der Waals surface area contributed by atoms with Gasteiger partial charge in [0.15, 0.2) is 5.16 Å². The summed E-state index contributed by atoms with van der Waals surface area (Å²) < 4.78 is 3.41. The monoisotopic (exact) mass is 455 g/mol. The van der Waals surface area contributed by atoms with Crippen molar-refractivity contribution in [2.24, 2.45) is 0 Å². The molecule has 0 N–H and O–H groups in total. The molecule has 7 nitrogen and oxygen atoms in total. The lowest BCUT2D eigenvalue weighted by Gasteiger charge is -2.21. The third kappa shape index (κ3) is 3.68. The molecule has 8 heteroatoms. The summed E-state index contributed by atoms with van der Waals surface area (Å²) in [6.07, 6.45) is 0. The van der Waals surface area contributed by atoms with Crippen LogP contribution in [0.15, 0.2) is 94.9 Å². The molecule has 0 saturated heterocycles. The minimum Gasteiger partial charge on any atom is -0.315 e. The number of rotatable bonds is 5. The molecule has 33 heavy (non-hydrogen) atoms. The highest BCUT2D eigenvalue weighted by Crippen LogP contribution is 2.27. The number of fused-ring (bicyclic) bond motifs is 3. The van der Waals surface area contributed by atoms with Crippen molar-refractivity contribution in [1.29, 1.82) is 0 Å². The van der Waals surface area contributed by atoms with Gasteiger partial charge in [-0.2, -0.15) is 0 Å². The minimum atomic E-state index is -0.418. The third-order valence-electron chi connectivity index (χ3n) is 5.51. The Morgan fingerprint density at radius 3 is 2.27 bits per heavy atom. The molecule has 1 atom stereocenters. The first-order valence-corrected chi connectivity index (χ1v) is 11.4. The molecular weight excluding hydrogens is 434 g/mol. The zero-order chi connectivity index (χ0) is 22.9. The zero-order valence-electron chi connectivity index (χ0n) is 18.1. The number of benzene rings is 3. The number of hydrogen-bond acceptors (Lipinski definition) is 5. The molecule has 3 aromatic carbocycles. The van der Waals surface area contributed by atoms with Crippen LogP contribution in [0.4, 0.5) is 5.69 Å². The van der Waals surface area contributed by atoms with Crippen molar-refractivity contribution in [3.05, 3.63) is 95.3 Å². The molecule has 0 saturated carbocycles. The summed E-state index contributed by atoms with van der Waals surface area (Å²) in [7, 11) is 1.76. The smallest absolute Gasteiger partial charge is 0.267 e. The van der Waals surface area contributed by atoms with Crippen molar-refractivity contribution in [2.45, 2.75) is 17.3 Å². The van der Waals surface area contributed by atoms with Gasteiger partial charge in [-0.05, 0) is 43.3 Å². The highest BCUT2D eigenvalue weighted by Gasteiger charge is 2.24. The van der Waals surface area contributed by atoms with Crippen LogP contribution in [0.25, 0.3) is 22.4 Å². The van der Waals surface area contributed by atoms with Crippen LogP contribution in [0.3, 0.4) is 0 Å². The molecule has 0 aliphatic heterocycles. The van der Waals surface area contributed by atoms with Gasteiger partial charge < -0.3 is 4.90 Å². The van der Waals surface area contributed by atoms with E-state index in [1.807, 2.05) is 90.2 Å². The lowest BCUT2D eigenvalue weighted by molar-refractivity contribution is -0.117. The molecule has 164 valence electrons. The van der Waals surface area contributed by atoms with E-state index >= 15 is 0 Å².